The van der Waals surface area contributed by atoms with Gasteiger partial charge in [0.1, 0.15) is 5.82 Å². The molecule has 7 nitrogen and oxygen atoms in total. The van der Waals surface area contributed by atoms with Gasteiger partial charge in [0.15, 0.2) is 5.82 Å². The fraction of sp³-hybridized carbons (Fsp3) is 0.385. The van der Waals surface area contributed by atoms with Gasteiger partial charge in [0.05, 0.1) is 11.4 Å². The average Bonchev–Trinajstić information content (AvgIpc) is 2.84. The second-order valence-corrected chi connectivity index (χ2v) is 7.00. The molecule has 1 atom stereocenters. The van der Waals surface area contributed by atoms with E-state index in [1.165, 1.54) is 11.4 Å². The number of aryl methyl sites for hydroxylation is 1. The van der Waals surface area contributed by atoms with Crippen molar-refractivity contribution in [3.05, 3.63) is 41.5 Å². The van der Waals surface area contributed by atoms with E-state index in [9.17, 15) is 8.42 Å². The first-order valence-electron chi connectivity index (χ1n) is 6.50. The third-order valence-electron chi connectivity index (χ3n) is 3.12. The zero-order valence-corrected chi connectivity index (χ0v) is 13.1. The highest BCUT2D eigenvalue weighted by molar-refractivity contribution is 7.89. The molecule has 1 aromatic heterocycles. The maximum atomic E-state index is 12.5. The van der Waals surface area contributed by atoms with Gasteiger partial charge in [0.25, 0.3) is 0 Å². The molecule has 0 aliphatic rings. The lowest BCUT2D eigenvalue weighted by Gasteiger charge is -2.16. The van der Waals surface area contributed by atoms with Crippen molar-refractivity contribution < 1.29 is 8.42 Å². The summed E-state index contributed by atoms with van der Waals surface area (Å²) >= 11 is 0. The summed E-state index contributed by atoms with van der Waals surface area (Å²) in [5.41, 5.74) is 6.65. The largest absolute Gasteiger partial charge is 0.324 e. The molecule has 0 aliphatic carbocycles. The van der Waals surface area contributed by atoms with E-state index >= 15 is 0 Å². The monoisotopic (exact) mass is 309 g/mol. The number of rotatable bonds is 5. The zero-order chi connectivity index (χ0) is 15.6. The minimum atomic E-state index is -3.57. The molecule has 0 saturated heterocycles. The van der Waals surface area contributed by atoms with Gasteiger partial charge in [-0.3, -0.25) is 5.10 Å². The Hall–Kier alpha value is -1.77. The average molecular weight is 309 g/mol. The second kappa shape index (κ2) is 5.92. The maximum Gasteiger partial charge on any atom is 0.243 e. The van der Waals surface area contributed by atoms with Crippen LogP contribution in [-0.2, 0) is 16.6 Å². The van der Waals surface area contributed by atoms with Crippen LogP contribution < -0.4 is 5.73 Å². The number of hydrogen-bond acceptors (Lipinski definition) is 5. The number of sulfonamides is 1. The Morgan fingerprint density at radius 1 is 1.33 bits per heavy atom. The van der Waals surface area contributed by atoms with E-state index in [0.29, 0.717) is 11.6 Å². The smallest absolute Gasteiger partial charge is 0.243 e. The SMILES string of the molecule is Cc1nc(CN(C)S(=O)(=O)c2ccc(C(C)N)cc2)n[nH]1. The lowest BCUT2D eigenvalue weighted by Crippen LogP contribution is -2.27. The van der Waals surface area contributed by atoms with Gasteiger partial charge in [0, 0.05) is 13.1 Å². The molecular formula is C13H19N5O2S. The minimum Gasteiger partial charge on any atom is -0.324 e. The Balaban J connectivity index is 2.20. The highest BCUT2D eigenvalue weighted by atomic mass is 32.2. The van der Waals surface area contributed by atoms with Gasteiger partial charge in [-0.2, -0.15) is 9.40 Å². The van der Waals surface area contributed by atoms with E-state index in [0.717, 1.165) is 5.56 Å². The molecule has 0 saturated carbocycles. The molecule has 1 aromatic carbocycles. The fourth-order valence-corrected chi connectivity index (χ4v) is 2.99. The van der Waals surface area contributed by atoms with Crippen molar-refractivity contribution in [1.29, 1.82) is 0 Å². The van der Waals surface area contributed by atoms with Crippen LogP contribution in [0.1, 0.15) is 30.2 Å². The lowest BCUT2D eigenvalue weighted by molar-refractivity contribution is 0.457. The molecule has 0 bridgehead atoms. The van der Waals surface area contributed by atoms with Crippen molar-refractivity contribution >= 4 is 10.0 Å². The standard InChI is InChI=1S/C13H19N5O2S/c1-9(14)11-4-6-12(7-5-11)21(19,20)18(3)8-13-15-10(2)16-17-13/h4-7,9H,8,14H2,1-3H3,(H,15,16,17). The van der Waals surface area contributed by atoms with Crippen LogP contribution in [0.15, 0.2) is 29.2 Å². The highest BCUT2D eigenvalue weighted by Gasteiger charge is 2.22. The predicted molar refractivity (Wildman–Crippen MR) is 78.8 cm³/mol. The van der Waals surface area contributed by atoms with Crippen molar-refractivity contribution in [3.8, 4) is 0 Å². The third-order valence-corrected chi connectivity index (χ3v) is 4.94. The van der Waals surface area contributed by atoms with Crippen LogP contribution in [0.25, 0.3) is 0 Å². The zero-order valence-electron chi connectivity index (χ0n) is 12.2. The topological polar surface area (TPSA) is 105 Å². The molecule has 2 rings (SSSR count). The summed E-state index contributed by atoms with van der Waals surface area (Å²) in [6.45, 7) is 3.72. The van der Waals surface area contributed by atoms with Crippen LogP contribution in [0.2, 0.25) is 0 Å². The van der Waals surface area contributed by atoms with Gasteiger partial charge >= 0.3 is 0 Å². The number of H-pyrrole nitrogens is 1. The first-order chi connectivity index (χ1) is 9.80. The second-order valence-electron chi connectivity index (χ2n) is 4.96. The molecule has 0 amide bonds. The van der Waals surface area contributed by atoms with Gasteiger partial charge in [-0.15, -0.1) is 0 Å². The van der Waals surface area contributed by atoms with E-state index in [4.69, 9.17) is 5.73 Å². The minimum absolute atomic E-state index is 0.113. The number of nitrogens with two attached hydrogens (primary N) is 1. The quantitative estimate of drug-likeness (QED) is 0.855. The summed E-state index contributed by atoms with van der Waals surface area (Å²) in [5.74, 6) is 1.09. The van der Waals surface area contributed by atoms with E-state index in [1.54, 1.807) is 31.2 Å². The molecule has 114 valence electrons. The van der Waals surface area contributed by atoms with Crippen molar-refractivity contribution in [3.63, 3.8) is 0 Å². The number of nitrogens with one attached hydrogen (secondary N) is 1. The van der Waals surface area contributed by atoms with Crippen LogP contribution in [0.5, 0.6) is 0 Å². The van der Waals surface area contributed by atoms with Crippen LogP contribution in [0, 0.1) is 6.92 Å². The first-order valence-corrected chi connectivity index (χ1v) is 7.94. The molecule has 2 aromatic rings. The Labute approximate surface area is 124 Å². The van der Waals surface area contributed by atoms with Gasteiger partial charge in [0.2, 0.25) is 10.0 Å². The van der Waals surface area contributed by atoms with Crippen LogP contribution in [-0.4, -0.2) is 35.0 Å². The van der Waals surface area contributed by atoms with E-state index in [2.05, 4.69) is 15.2 Å². The Bertz CT molecular complexity index is 706. The number of aromatic nitrogens is 3. The molecule has 8 heteroatoms. The molecule has 1 unspecified atom stereocenters. The highest BCUT2D eigenvalue weighted by Crippen LogP contribution is 2.18. The predicted octanol–water partition coefficient (Wildman–Crippen LogP) is 0.954. The summed E-state index contributed by atoms with van der Waals surface area (Å²) in [5, 5.41) is 6.63. The molecule has 0 radical (unpaired) electrons. The Morgan fingerprint density at radius 3 is 2.43 bits per heavy atom. The van der Waals surface area contributed by atoms with E-state index < -0.39 is 10.0 Å². The number of nitrogens with zero attached hydrogens (tertiary/aromatic N) is 3. The maximum absolute atomic E-state index is 12.5. The van der Waals surface area contributed by atoms with Gasteiger partial charge in [-0.1, -0.05) is 12.1 Å². The summed E-state index contributed by atoms with van der Waals surface area (Å²) in [6, 6.07) is 6.45. The van der Waals surface area contributed by atoms with Crippen LogP contribution >= 0.6 is 0 Å². The summed E-state index contributed by atoms with van der Waals surface area (Å²) in [6.07, 6.45) is 0. The van der Waals surface area contributed by atoms with Gasteiger partial charge in [-0.25, -0.2) is 13.4 Å². The summed E-state index contributed by atoms with van der Waals surface area (Å²) < 4.78 is 26.1. The van der Waals surface area contributed by atoms with Gasteiger partial charge < -0.3 is 5.73 Å². The van der Waals surface area contributed by atoms with E-state index in [1.807, 2.05) is 6.92 Å². The molecular weight excluding hydrogens is 290 g/mol. The Morgan fingerprint density at radius 2 is 1.95 bits per heavy atom. The number of benzene rings is 1. The van der Waals surface area contributed by atoms with Gasteiger partial charge in [-0.05, 0) is 31.5 Å². The molecule has 1 heterocycles. The molecule has 0 fully saturated rings. The molecule has 21 heavy (non-hydrogen) atoms. The lowest BCUT2D eigenvalue weighted by atomic mass is 10.1. The molecule has 0 aliphatic heterocycles. The fourth-order valence-electron chi connectivity index (χ4n) is 1.87. The molecule has 3 N–H and O–H groups in total. The van der Waals surface area contributed by atoms with E-state index in [-0.39, 0.29) is 17.5 Å². The number of aromatic amines is 1. The summed E-state index contributed by atoms with van der Waals surface area (Å²) in [4.78, 5) is 4.33. The molecule has 0 spiro atoms. The van der Waals surface area contributed by atoms with Crippen molar-refractivity contribution in [2.24, 2.45) is 5.73 Å². The Kier molecular flexibility index (Phi) is 4.40. The van der Waals surface area contributed by atoms with Crippen LogP contribution in [0.3, 0.4) is 0 Å². The first kappa shape index (κ1) is 15.6. The van der Waals surface area contributed by atoms with Crippen molar-refractivity contribution in [1.82, 2.24) is 19.5 Å². The number of hydrogen-bond donors (Lipinski definition) is 2. The summed E-state index contributed by atoms with van der Waals surface area (Å²) in [7, 11) is -2.07. The normalized spacial score (nSPS) is 13.6. The third kappa shape index (κ3) is 3.46. The van der Waals surface area contributed by atoms with Crippen molar-refractivity contribution in [2.45, 2.75) is 31.3 Å². The van der Waals surface area contributed by atoms with Crippen molar-refractivity contribution in [2.75, 3.05) is 7.05 Å². The van der Waals surface area contributed by atoms with Crippen LogP contribution in [0.4, 0.5) is 0 Å².